The molecule has 6 nitrogen and oxygen atoms in total. The minimum Gasteiger partial charge on any atom is -0.409 e. The first-order valence-corrected chi connectivity index (χ1v) is 6.88. The lowest BCUT2D eigenvalue weighted by atomic mass is 9.72. The van der Waals surface area contributed by atoms with Gasteiger partial charge in [0.15, 0.2) is 5.84 Å². The van der Waals surface area contributed by atoms with Gasteiger partial charge in [-0.1, -0.05) is 24.4 Å². The molecule has 0 radical (unpaired) electrons. The third-order valence-corrected chi connectivity index (χ3v) is 3.95. The van der Waals surface area contributed by atoms with Gasteiger partial charge < -0.3 is 20.6 Å². The maximum atomic E-state index is 12.8. The molecule has 1 aliphatic carbocycles. The molecule has 1 fully saturated rings. The van der Waals surface area contributed by atoms with E-state index in [2.05, 4.69) is 5.16 Å². The number of ether oxygens (including phenoxy) is 1. The highest BCUT2D eigenvalue weighted by molar-refractivity contribution is 6.06. The lowest BCUT2D eigenvalue weighted by Gasteiger charge is -2.38. The van der Waals surface area contributed by atoms with Crippen molar-refractivity contribution >= 4 is 11.7 Å². The number of nitrogens with zero attached hydrogens (tertiary/aromatic N) is 2. The summed E-state index contributed by atoms with van der Waals surface area (Å²) in [6.07, 6.45) is 4.28. The van der Waals surface area contributed by atoms with Crippen LogP contribution in [0.1, 0.15) is 39.0 Å². The van der Waals surface area contributed by atoms with E-state index in [1.807, 2.05) is 6.92 Å². The van der Waals surface area contributed by atoms with Crippen molar-refractivity contribution in [2.24, 2.45) is 16.3 Å². The molecule has 0 aromatic heterocycles. The highest BCUT2D eigenvalue weighted by Gasteiger charge is 2.45. The van der Waals surface area contributed by atoms with E-state index in [0.717, 1.165) is 19.3 Å². The average Bonchev–Trinajstić information content (AvgIpc) is 2.47. The number of amidine groups is 1. The Morgan fingerprint density at radius 3 is 2.53 bits per heavy atom. The summed E-state index contributed by atoms with van der Waals surface area (Å²) >= 11 is 0. The minimum absolute atomic E-state index is 0.0398. The standard InChI is InChI=1S/C13H25N3O3/c1-3-16(9-10-19-2)12(17)13(11(14)15-18)7-5-4-6-8-13/h18H,3-10H2,1-2H3,(H2,14,15). The quantitative estimate of drug-likeness (QED) is 0.328. The van der Waals surface area contributed by atoms with Gasteiger partial charge in [0, 0.05) is 20.2 Å². The van der Waals surface area contributed by atoms with Crippen molar-refractivity contribution < 1.29 is 14.7 Å². The van der Waals surface area contributed by atoms with Crippen LogP contribution in [-0.4, -0.2) is 48.7 Å². The van der Waals surface area contributed by atoms with Crippen molar-refractivity contribution in [3.8, 4) is 0 Å². The second kappa shape index (κ2) is 7.33. The Morgan fingerprint density at radius 1 is 1.42 bits per heavy atom. The Bertz CT molecular complexity index is 325. The van der Waals surface area contributed by atoms with Crippen LogP contribution in [0.5, 0.6) is 0 Å². The molecular formula is C13H25N3O3. The Kier molecular flexibility index (Phi) is 6.08. The van der Waals surface area contributed by atoms with Crippen molar-refractivity contribution in [1.29, 1.82) is 0 Å². The summed E-state index contributed by atoms with van der Waals surface area (Å²) in [5, 5.41) is 12.1. The van der Waals surface area contributed by atoms with Crippen LogP contribution in [0.4, 0.5) is 0 Å². The third kappa shape index (κ3) is 3.37. The first-order valence-electron chi connectivity index (χ1n) is 6.88. The first-order chi connectivity index (χ1) is 9.12. The first kappa shape index (κ1) is 15.8. The molecule has 0 spiro atoms. The van der Waals surface area contributed by atoms with Crippen LogP contribution < -0.4 is 5.73 Å². The largest absolute Gasteiger partial charge is 0.409 e. The van der Waals surface area contributed by atoms with Crippen LogP contribution in [-0.2, 0) is 9.53 Å². The molecule has 19 heavy (non-hydrogen) atoms. The van der Waals surface area contributed by atoms with E-state index in [1.165, 1.54) is 0 Å². The van der Waals surface area contributed by atoms with E-state index < -0.39 is 5.41 Å². The Balaban J connectivity index is 2.93. The van der Waals surface area contributed by atoms with Crippen LogP contribution >= 0.6 is 0 Å². The van der Waals surface area contributed by atoms with Gasteiger partial charge in [-0.25, -0.2) is 0 Å². The summed E-state index contributed by atoms with van der Waals surface area (Å²) in [5.41, 5.74) is 5.00. The van der Waals surface area contributed by atoms with Gasteiger partial charge in [-0.15, -0.1) is 0 Å². The van der Waals surface area contributed by atoms with E-state index in [0.29, 0.717) is 32.5 Å². The van der Waals surface area contributed by atoms with E-state index in [-0.39, 0.29) is 11.7 Å². The van der Waals surface area contributed by atoms with E-state index in [1.54, 1.807) is 12.0 Å². The van der Waals surface area contributed by atoms with E-state index >= 15 is 0 Å². The van der Waals surface area contributed by atoms with Crippen LogP contribution in [0.15, 0.2) is 5.16 Å². The number of rotatable bonds is 6. The molecule has 0 aromatic rings. The zero-order valence-corrected chi connectivity index (χ0v) is 11.9. The Morgan fingerprint density at radius 2 is 2.05 bits per heavy atom. The lowest BCUT2D eigenvalue weighted by Crippen LogP contribution is -2.53. The molecule has 0 bridgehead atoms. The van der Waals surface area contributed by atoms with Gasteiger partial charge in [0.2, 0.25) is 5.91 Å². The number of carbonyl (C=O) groups is 1. The van der Waals surface area contributed by atoms with Gasteiger partial charge in [0.25, 0.3) is 0 Å². The summed E-state index contributed by atoms with van der Waals surface area (Å²) in [5.74, 6) is 0.00937. The number of methoxy groups -OCH3 is 1. The van der Waals surface area contributed by atoms with E-state index in [4.69, 9.17) is 15.7 Å². The third-order valence-electron chi connectivity index (χ3n) is 3.95. The molecule has 6 heteroatoms. The number of hydrogen-bond acceptors (Lipinski definition) is 4. The highest BCUT2D eigenvalue weighted by Crippen LogP contribution is 2.38. The number of amides is 1. The number of likely N-dealkylation sites (N-methyl/N-ethyl adjacent to an activating group) is 1. The molecule has 0 aromatic carbocycles. The summed E-state index contributed by atoms with van der Waals surface area (Å²) in [7, 11) is 1.61. The molecule has 1 aliphatic rings. The molecule has 0 aliphatic heterocycles. The van der Waals surface area contributed by atoms with Gasteiger partial charge >= 0.3 is 0 Å². The topological polar surface area (TPSA) is 88.2 Å². The van der Waals surface area contributed by atoms with Gasteiger partial charge in [-0.05, 0) is 19.8 Å². The van der Waals surface area contributed by atoms with Crippen LogP contribution in [0.3, 0.4) is 0 Å². The number of carbonyl (C=O) groups excluding carboxylic acids is 1. The fourth-order valence-corrected chi connectivity index (χ4v) is 2.74. The van der Waals surface area contributed by atoms with Crippen molar-refractivity contribution in [2.75, 3.05) is 26.8 Å². The van der Waals surface area contributed by atoms with Crippen LogP contribution in [0.25, 0.3) is 0 Å². The SMILES string of the molecule is CCN(CCOC)C(=O)C1(C(N)=NO)CCCCC1. The van der Waals surface area contributed by atoms with Crippen molar-refractivity contribution in [1.82, 2.24) is 4.90 Å². The second-order valence-electron chi connectivity index (χ2n) is 5.01. The summed E-state index contributed by atoms with van der Waals surface area (Å²) in [6, 6.07) is 0. The van der Waals surface area contributed by atoms with Crippen LogP contribution in [0, 0.1) is 5.41 Å². The van der Waals surface area contributed by atoms with Crippen molar-refractivity contribution in [2.45, 2.75) is 39.0 Å². The zero-order valence-electron chi connectivity index (χ0n) is 11.9. The molecular weight excluding hydrogens is 246 g/mol. The van der Waals surface area contributed by atoms with Gasteiger partial charge in [0.1, 0.15) is 5.41 Å². The fourth-order valence-electron chi connectivity index (χ4n) is 2.74. The monoisotopic (exact) mass is 271 g/mol. The van der Waals surface area contributed by atoms with Gasteiger partial charge in [-0.2, -0.15) is 0 Å². The van der Waals surface area contributed by atoms with Gasteiger partial charge in [-0.3, -0.25) is 4.79 Å². The fraction of sp³-hybridized carbons (Fsp3) is 0.846. The molecule has 3 N–H and O–H groups in total. The van der Waals surface area contributed by atoms with Crippen molar-refractivity contribution in [3.63, 3.8) is 0 Å². The molecule has 1 saturated carbocycles. The summed E-state index contributed by atoms with van der Waals surface area (Å²) in [4.78, 5) is 14.5. The van der Waals surface area contributed by atoms with Crippen molar-refractivity contribution in [3.05, 3.63) is 0 Å². The van der Waals surface area contributed by atoms with E-state index in [9.17, 15) is 4.79 Å². The van der Waals surface area contributed by atoms with Crippen LogP contribution in [0.2, 0.25) is 0 Å². The highest BCUT2D eigenvalue weighted by atomic mass is 16.5. The predicted molar refractivity (Wildman–Crippen MR) is 73.1 cm³/mol. The molecule has 0 atom stereocenters. The number of hydrogen-bond donors (Lipinski definition) is 2. The molecule has 110 valence electrons. The number of oxime groups is 1. The predicted octanol–water partition coefficient (Wildman–Crippen LogP) is 1.18. The molecule has 0 saturated heterocycles. The maximum Gasteiger partial charge on any atom is 0.236 e. The smallest absolute Gasteiger partial charge is 0.236 e. The molecule has 0 heterocycles. The summed E-state index contributed by atoms with van der Waals surface area (Å²) in [6.45, 7) is 3.55. The zero-order chi connectivity index (χ0) is 14.3. The second-order valence-corrected chi connectivity index (χ2v) is 5.01. The average molecular weight is 271 g/mol. The minimum atomic E-state index is -0.823. The Labute approximate surface area is 114 Å². The number of nitrogens with two attached hydrogens (primary N) is 1. The Hall–Kier alpha value is -1.30. The maximum absolute atomic E-state index is 12.8. The molecule has 1 amide bonds. The lowest BCUT2D eigenvalue weighted by molar-refractivity contribution is -0.140. The normalized spacial score (nSPS) is 19.2. The molecule has 0 unspecified atom stereocenters. The van der Waals surface area contributed by atoms with Gasteiger partial charge in [0.05, 0.1) is 6.61 Å². The molecule has 1 rings (SSSR count). The summed E-state index contributed by atoms with van der Waals surface area (Å²) < 4.78 is 5.03.